The lowest BCUT2D eigenvalue weighted by atomic mass is 10.1. The highest BCUT2D eigenvalue weighted by molar-refractivity contribution is 9.10. The molecule has 0 saturated heterocycles. The maximum atomic E-state index is 12.4. The van der Waals surface area contributed by atoms with Gasteiger partial charge in [0.1, 0.15) is 22.8 Å². The molecule has 0 saturated carbocycles. The summed E-state index contributed by atoms with van der Waals surface area (Å²) in [5.74, 6) is -0.201. The summed E-state index contributed by atoms with van der Waals surface area (Å²) >= 11 is 3.35. The second kappa shape index (κ2) is 10.9. The van der Waals surface area contributed by atoms with Crippen molar-refractivity contribution in [1.29, 1.82) is 0 Å². The molecule has 0 spiro atoms. The normalized spacial score (nSPS) is 13.5. The van der Waals surface area contributed by atoms with Crippen molar-refractivity contribution in [1.82, 2.24) is 0 Å². The molecular weight excluding hydrogens is 418 g/mol. The Morgan fingerprint density at radius 3 is 2.37 bits per heavy atom. The van der Waals surface area contributed by atoms with Gasteiger partial charge in [-0.1, -0.05) is 13.8 Å². The van der Waals surface area contributed by atoms with E-state index in [2.05, 4.69) is 20.9 Å². The first-order valence-corrected chi connectivity index (χ1v) is 9.26. The van der Waals surface area contributed by atoms with Crippen LogP contribution in [-0.2, 0) is 9.53 Å². The van der Waals surface area contributed by atoms with E-state index in [1.807, 2.05) is 13.8 Å². The summed E-state index contributed by atoms with van der Waals surface area (Å²) in [6, 6.07) is 2.75. The van der Waals surface area contributed by atoms with E-state index in [-0.39, 0.29) is 36.0 Å². The van der Waals surface area contributed by atoms with Gasteiger partial charge in [0, 0.05) is 12.3 Å². The van der Waals surface area contributed by atoms with Crippen LogP contribution in [0.4, 0.5) is 0 Å². The van der Waals surface area contributed by atoms with Gasteiger partial charge in [-0.3, -0.25) is 4.99 Å². The molecule has 0 aliphatic carbocycles. The second-order valence-electron chi connectivity index (χ2n) is 5.94. The average Bonchev–Trinajstić information content (AvgIpc) is 2.64. The number of benzene rings is 1. The van der Waals surface area contributed by atoms with Crippen molar-refractivity contribution in [3.8, 4) is 11.5 Å². The van der Waals surface area contributed by atoms with Gasteiger partial charge in [0.25, 0.3) is 0 Å². The van der Waals surface area contributed by atoms with Crippen LogP contribution in [0.25, 0.3) is 5.76 Å². The molecule has 7 nitrogen and oxygen atoms in total. The zero-order valence-corrected chi connectivity index (χ0v) is 17.7. The lowest BCUT2D eigenvalue weighted by Gasteiger charge is -2.15. The molecule has 1 aromatic rings. The van der Waals surface area contributed by atoms with Crippen molar-refractivity contribution in [3.05, 3.63) is 27.7 Å². The maximum Gasteiger partial charge on any atom is 0.343 e. The lowest BCUT2D eigenvalue weighted by Crippen LogP contribution is -2.19. The first-order valence-electron chi connectivity index (χ1n) is 8.46. The first-order chi connectivity index (χ1) is 12.8. The number of carbonyl (C=O) groups excluding carboxylic acids is 1. The first kappa shape index (κ1) is 23.0. The Hall–Kier alpha value is -2.06. The number of aliphatic hydroxyl groups is 2. The SMILES string of the molecule is CCOC(=O)/C(C=N[C@H](CO)C(C)C)=C(\O)c1cc(Br)c(OC)cc1OC. The molecule has 0 bridgehead atoms. The smallest absolute Gasteiger partial charge is 0.343 e. The number of nitrogens with zero attached hydrogens (tertiary/aromatic N) is 1. The highest BCUT2D eigenvalue weighted by Crippen LogP contribution is 2.36. The molecule has 0 fully saturated rings. The molecule has 0 heterocycles. The minimum Gasteiger partial charge on any atom is -0.506 e. The fourth-order valence-electron chi connectivity index (χ4n) is 2.21. The van der Waals surface area contributed by atoms with Crippen LogP contribution in [0.2, 0.25) is 0 Å². The largest absolute Gasteiger partial charge is 0.506 e. The Bertz CT molecular complexity index is 714. The molecule has 1 atom stereocenters. The topological polar surface area (TPSA) is 97.6 Å². The molecule has 8 heteroatoms. The van der Waals surface area contributed by atoms with Gasteiger partial charge in [-0.25, -0.2) is 4.79 Å². The molecule has 1 rings (SSSR count). The van der Waals surface area contributed by atoms with E-state index in [9.17, 15) is 15.0 Å². The fourth-order valence-corrected chi connectivity index (χ4v) is 2.72. The van der Waals surface area contributed by atoms with E-state index in [1.165, 1.54) is 20.4 Å². The molecule has 2 N–H and O–H groups in total. The van der Waals surface area contributed by atoms with Crippen molar-refractivity contribution in [2.75, 3.05) is 27.4 Å². The molecule has 0 aliphatic rings. The number of methoxy groups -OCH3 is 2. The maximum absolute atomic E-state index is 12.4. The highest BCUT2D eigenvalue weighted by atomic mass is 79.9. The zero-order valence-electron chi connectivity index (χ0n) is 16.2. The van der Waals surface area contributed by atoms with Gasteiger partial charge >= 0.3 is 5.97 Å². The van der Waals surface area contributed by atoms with Crippen molar-refractivity contribution >= 4 is 33.9 Å². The molecule has 27 heavy (non-hydrogen) atoms. The number of rotatable bonds is 9. The fraction of sp³-hybridized carbons (Fsp3) is 0.474. The van der Waals surface area contributed by atoms with E-state index in [4.69, 9.17) is 14.2 Å². The molecular formula is C19H26BrNO6. The Balaban J connectivity index is 3.54. The molecule has 1 aromatic carbocycles. The molecule has 0 amide bonds. The van der Waals surface area contributed by atoms with Crippen LogP contribution < -0.4 is 9.47 Å². The van der Waals surface area contributed by atoms with Crippen LogP contribution in [0.3, 0.4) is 0 Å². The Kier molecular flexibility index (Phi) is 9.31. The van der Waals surface area contributed by atoms with Gasteiger partial charge in [0.05, 0.1) is 43.5 Å². The summed E-state index contributed by atoms with van der Waals surface area (Å²) in [7, 11) is 2.95. The Morgan fingerprint density at radius 1 is 1.26 bits per heavy atom. The van der Waals surface area contributed by atoms with Crippen LogP contribution in [0.5, 0.6) is 11.5 Å². The minimum absolute atomic E-state index is 0.0569. The van der Waals surface area contributed by atoms with Crippen molar-refractivity contribution in [2.45, 2.75) is 26.8 Å². The van der Waals surface area contributed by atoms with Gasteiger partial charge in [-0.2, -0.15) is 0 Å². The predicted molar refractivity (Wildman–Crippen MR) is 108 cm³/mol. The average molecular weight is 444 g/mol. The van der Waals surface area contributed by atoms with Crippen LogP contribution in [0.1, 0.15) is 26.3 Å². The summed E-state index contributed by atoms with van der Waals surface area (Å²) in [6.07, 6.45) is 1.23. The lowest BCUT2D eigenvalue weighted by molar-refractivity contribution is -0.137. The standard InChI is InChI=1S/C19H26BrNO6/c1-6-27-19(24)13(9-21-15(10-22)11(2)3)18(23)12-7-14(20)17(26-5)8-16(12)25-4/h7-9,11,15,22-23H,6,10H2,1-5H3/b18-13-,21-9?/t15-/m1/s1. The summed E-state index contributed by atoms with van der Waals surface area (Å²) in [4.78, 5) is 16.6. The molecule has 0 unspecified atom stereocenters. The number of aliphatic hydroxyl groups excluding tert-OH is 2. The predicted octanol–water partition coefficient (Wildman–Crippen LogP) is 3.39. The number of carbonyl (C=O) groups is 1. The quantitative estimate of drug-likeness (QED) is 0.262. The Morgan fingerprint density at radius 2 is 1.89 bits per heavy atom. The monoisotopic (exact) mass is 443 g/mol. The van der Waals surface area contributed by atoms with E-state index >= 15 is 0 Å². The van der Waals surface area contributed by atoms with Crippen LogP contribution in [0, 0.1) is 5.92 Å². The van der Waals surface area contributed by atoms with Crippen LogP contribution >= 0.6 is 15.9 Å². The molecule has 0 radical (unpaired) electrons. The van der Waals surface area contributed by atoms with Gasteiger partial charge < -0.3 is 24.4 Å². The number of hydrogen-bond acceptors (Lipinski definition) is 7. The van der Waals surface area contributed by atoms with Crippen molar-refractivity contribution in [2.24, 2.45) is 10.9 Å². The van der Waals surface area contributed by atoms with E-state index in [1.54, 1.807) is 19.1 Å². The van der Waals surface area contributed by atoms with Gasteiger partial charge in [-0.05, 0) is 34.8 Å². The third-order valence-corrected chi connectivity index (χ3v) is 4.45. The molecule has 0 aliphatic heterocycles. The van der Waals surface area contributed by atoms with Crippen LogP contribution in [-0.4, -0.2) is 55.9 Å². The minimum atomic E-state index is -0.729. The highest BCUT2D eigenvalue weighted by Gasteiger charge is 2.21. The number of halogens is 1. The van der Waals surface area contributed by atoms with E-state index in [0.717, 1.165) is 0 Å². The third kappa shape index (κ3) is 5.97. The summed E-state index contributed by atoms with van der Waals surface area (Å²) < 4.78 is 16.1. The number of esters is 1. The van der Waals surface area contributed by atoms with Crippen LogP contribution in [0.15, 0.2) is 27.2 Å². The third-order valence-electron chi connectivity index (χ3n) is 3.83. The Labute approximate surface area is 167 Å². The van der Waals surface area contributed by atoms with Gasteiger partial charge in [-0.15, -0.1) is 0 Å². The molecule has 0 aromatic heterocycles. The second-order valence-corrected chi connectivity index (χ2v) is 6.80. The van der Waals surface area contributed by atoms with E-state index in [0.29, 0.717) is 16.0 Å². The van der Waals surface area contributed by atoms with E-state index < -0.39 is 12.0 Å². The van der Waals surface area contributed by atoms with Gasteiger partial charge in [0.15, 0.2) is 0 Å². The van der Waals surface area contributed by atoms with Crippen molar-refractivity contribution < 1.29 is 29.2 Å². The van der Waals surface area contributed by atoms with Crippen molar-refractivity contribution in [3.63, 3.8) is 0 Å². The number of ether oxygens (including phenoxy) is 3. The molecule has 150 valence electrons. The number of aliphatic imine (C=N–C) groups is 1. The summed E-state index contributed by atoms with van der Waals surface area (Å²) in [6.45, 7) is 5.42. The summed E-state index contributed by atoms with van der Waals surface area (Å²) in [5.41, 5.74) is 0.135. The zero-order chi connectivity index (χ0) is 20.6. The summed E-state index contributed by atoms with van der Waals surface area (Å²) in [5, 5.41) is 20.2. The van der Waals surface area contributed by atoms with Gasteiger partial charge in [0.2, 0.25) is 0 Å². The number of hydrogen-bond donors (Lipinski definition) is 2.